The third-order valence-electron chi connectivity index (χ3n) is 4.16. The quantitative estimate of drug-likeness (QED) is 0.431. The summed E-state index contributed by atoms with van der Waals surface area (Å²) in [6.07, 6.45) is 0. The minimum Gasteiger partial charge on any atom is -0.302 e. The van der Waals surface area contributed by atoms with Gasteiger partial charge in [-0.2, -0.15) is 0 Å². The number of halogens is 1. The van der Waals surface area contributed by atoms with Crippen LogP contribution in [0, 0.1) is 13.8 Å². The highest BCUT2D eigenvalue weighted by Gasteiger charge is 2.16. The van der Waals surface area contributed by atoms with Crippen LogP contribution in [0.2, 0.25) is 5.02 Å². The highest BCUT2D eigenvalue weighted by atomic mass is 35.5. The molecule has 0 aliphatic carbocycles. The van der Waals surface area contributed by atoms with E-state index in [0.717, 1.165) is 39.8 Å². The normalized spacial score (nSPS) is 10.9. The van der Waals surface area contributed by atoms with Crippen molar-refractivity contribution in [3.63, 3.8) is 0 Å². The van der Waals surface area contributed by atoms with Gasteiger partial charge in [-0.25, -0.2) is 0 Å². The molecule has 4 nitrogen and oxygen atoms in total. The third-order valence-corrected chi connectivity index (χ3v) is 5.38. The van der Waals surface area contributed by atoms with Crippen LogP contribution in [-0.4, -0.2) is 26.3 Å². The van der Waals surface area contributed by atoms with Gasteiger partial charge in [0.15, 0.2) is 16.8 Å². The van der Waals surface area contributed by atoms with Crippen LogP contribution in [0.5, 0.6) is 0 Å². The number of benzene rings is 2. The summed E-state index contributed by atoms with van der Waals surface area (Å²) in [4.78, 5) is 12.6. The Morgan fingerprint density at radius 3 is 2.54 bits per heavy atom. The Bertz CT molecular complexity index is 935. The first kappa shape index (κ1) is 18.7. The lowest BCUT2D eigenvalue weighted by molar-refractivity contribution is 0.102. The molecule has 0 atom stereocenters. The van der Waals surface area contributed by atoms with Gasteiger partial charge >= 0.3 is 0 Å². The van der Waals surface area contributed by atoms with Gasteiger partial charge in [-0.15, -0.1) is 10.2 Å². The summed E-state index contributed by atoms with van der Waals surface area (Å²) in [5.41, 5.74) is 3.82. The molecule has 0 fully saturated rings. The summed E-state index contributed by atoms with van der Waals surface area (Å²) >= 11 is 7.38. The van der Waals surface area contributed by atoms with Crippen molar-refractivity contribution in [3.05, 3.63) is 64.2 Å². The van der Waals surface area contributed by atoms with Crippen LogP contribution < -0.4 is 0 Å². The maximum Gasteiger partial charge on any atom is 0.191 e. The highest BCUT2D eigenvalue weighted by Crippen LogP contribution is 2.26. The van der Waals surface area contributed by atoms with Crippen molar-refractivity contribution in [2.24, 2.45) is 0 Å². The Kier molecular flexibility index (Phi) is 5.79. The van der Waals surface area contributed by atoms with E-state index >= 15 is 0 Å². The second-order valence-corrected chi connectivity index (χ2v) is 7.47. The van der Waals surface area contributed by atoms with E-state index in [1.54, 1.807) is 0 Å². The maximum atomic E-state index is 12.6. The van der Waals surface area contributed by atoms with Crippen molar-refractivity contribution in [3.8, 4) is 11.4 Å². The number of aryl methyl sites for hydroxylation is 2. The average molecular weight is 386 g/mol. The molecule has 26 heavy (non-hydrogen) atoms. The lowest BCUT2D eigenvalue weighted by Gasteiger charge is -2.08. The topological polar surface area (TPSA) is 47.8 Å². The van der Waals surface area contributed by atoms with Crippen LogP contribution in [0.4, 0.5) is 0 Å². The molecule has 6 heteroatoms. The predicted molar refractivity (Wildman–Crippen MR) is 107 cm³/mol. The Balaban J connectivity index is 1.79. The summed E-state index contributed by atoms with van der Waals surface area (Å²) in [6.45, 7) is 6.73. The first-order valence-electron chi connectivity index (χ1n) is 8.42. The van der Waals surface area contributed by atoms with Crippen LogP contribution in [0.25, 0.3) is 11.4 Å². The van der Waals surface area contributed by atoms with E-state index in [2.05, 4.69) is 10.2 Å². The van der Waals surface area contributed by atoms with Crippen molar-refractivity contribution in [2.75, 3.05) is 5.75 Å². The van der Waals surface area contributed by atoms with Gasteiger partial charge in [0, 0.05) is 22.7 Å². The Morgan fingerprint density at radius 1 is 1.12 bits per heavy atom. The number of ketones is 1. The molecule has 0 unspecified atom stereocenters. The molecular weight excluding hydrogens is 366 g/mol. The zero-order chi connectivity index (χ0) is 18.7. The number of nitrogens with zero attached hydrogens (tertiary/aromatic N) is 3. The molecule has 1 heterocycles. The number of Topliss-reactive ketones (excluding diaryl/α,β-unsaturated/α-hetero) is 1. The van der Waals surface area contributed by atoms with Gasteiger partial charge in [0.2, 0.25) is 0 Å². The predicted octanol–water partition coefficient (Wildman–Crippen LogP) is 5.21. The summed E-state index contributed by atoms with van der Waals surface area (Å²) in [5.74, 6) is 1.23. The van der Waals surface area contributed by atoms with Gasteiger partial charge in [-0.1, -0.05) is 41.1 Å². The standard InChI is InChI=1S/C20H20ClN3OS/c1-4-24-19(15-7-9-16(21)10-8-15)22-23-20(24)26-12-18(25)17-11-13(2)5-6-14(17)3/h5-11H,4,12H2,1-3H3. The summed E-state index contributed by atoms with van der Waals surface area (Å²) in [7, 11) is 0. The van der Waals surface area contributed by atoms with Crippen molar-refractivity contribution in [2.45, 2.75) is 32.5 Å². The molecular formula is C20H20ClN3OS. The largest absolute Gasteiger partial charge is 0.302 e. The van der Waals surface area contributed by atoms with Gasteiger partial charge in [-0.05, 0) is 56.7 Å². The molecule has 0 spiro atoms. The van der Waals surface area contributed by atoms with Crippen molar-refractivity contribution >= 4 is 29.1 Å². The summed E-state index contributed by atoms with van der Waals surface area (Å²) in [5, 5.41) is 10.0. The van der Waals surface area contributed by atoms with E-state index in [-0.39, 0.29) is 5.78 Å². The monoisotopic (exact) mass is 385 g/mol. The fraction of sp³-hybridized carbons (Fsp3) is 0.250. The van der Waals surface area contributed by atoms with Crippen molar-refractivity contribution in [1.82, 2.24) is 14.8 Å². The number of carbonyl (C=O) groups is 1. The molecule has 3 rings (SSSR count). The van der Waals surface area contributed by atoms with Crippen molar-refractivity contribution in [1.29, 1.82) is 0 Å². The number of hydrogen-bond donors (Lipinski definition) is 0. The number of thioether (sulfide) groups is 1. The minimum absolute atomic E-state index is 0.106. The zero-order valence-electron chi connectivity index (χ0n) is 15.0. The van der Waals surface area contributed by atoms with Crippen LogP contribution in [0.15, 0.2) is 47.6 Å². The van der Waals surface area contributed by atoms with E-state index < -0.39 is 0 Å². The zero-order valence-corrected chi connectivity index (χ0v) is 16.6. The summed E-state index contributed by atoms with van der Waals surface area (Å²) < 4.78 is 2.02. The minimum atomic E-state index is 0.106. The number of rotatable bonds is 6. The molecule has 0 saturated carbocycles. The third kappa shape index (κ3) is 4.00. The van der Waals surface area contributed by atoms with E-state index in [9.17, 15) is 4.79 Å². The van der Waals surface area contributed by atoms with Gasteiger partial charge in [0.1, 0.15) is 0 Å². The van der Waals surface area contributed by atoms with E-state index in [1.165, 1.54) is 11.8 Å². The maximum absolute atomic E-state index is 12.6. The van der Waals surface area contributed by atoms with E-state index in [0.29, 0.717) is 10.8 Å². The number of hydrogen-bond acceptors (Lipinski definition) is 4. The van der Waals surface area contributed by atoms with Crippen LogP contribution in [0.1, 0.15) is 28.4 Å². The number of aromatic nitrogens is 3. The number of carbonyl (C=O) groups excluding carboxylic acids is 1. The van der Waals surface area contributed by atoms with Crippen LogP contribution >= 0.6 is 23.4 Å². The molecule has 134 valence electrons. The summed E-state index contributed by atoms with van der Waals surface area (Å²) in [6, 6.07) is 13.5. The van der Waals surface area contributed by atoms with Gasteiger partial charge in [-0.3, -0.25) is 4.79 Å². The second kappa shape index (κ2) is 8.06. The van der Waals surface area contributed by atoms with E-state index in [4.69, 9.17) is 11.6 Å². The molecule has 0 aliphatic rings. The van der Waals surface area contributed by atoms with Crippen LogP contribution in [-0.2, 0) is 6.54 Å². The molecule has 2 aromatic carbocycles. The Morgan fingerprint density at radius 2 is 1.85 bits per heavy atom. The first-order chi connectivity index (χ1) is 12.5. The van der Waals surface area contributed by atoms with Crippen molar-refractivity contribution < 1.29 is 4.79 Å². The molecule has 0 N–H and O–H groups in total. The molecule has 0 amide bonds. The van der Waals surface area contributed by atoms with Crippen LogP contribution in [0.3, 0.4) is 0 Å². The lowest BCUT2D eigenvalue weighted by Crippen LogP contribution is -2.07. The molecule has 1 aromatic heterocycles. The fourth-order valence-corrected chi connectivity index (χ4v) is 3.75. The highest BCUT2D eigenvalue weighted by molar-refractivity contribution is 7.99. The smallest absolute Gasteiger partial charge is 0.191 e. The molecule has 0 radical (unpaired) electrons. The Hall–Kier alpha value is -2.11. The second-order valence-electron chi connectivity index (χ2n) is 6.09. The molecule has 0 saturated heterocycles. The SMILES string of the molecule is CCn1c(SCC(=O)c2cc(C)ccc2C)nnc1-c1ccc(Cl)cc1. The van der Waals surface area contributed by atoms with Gasteiger partial charge in [0.05, 0.1) is 5.75 Å². The van der Waals surface area contributed by atoms with E-state index in [1.807, 2.05) is 67.8 Å². The van der Waals surface area contributed by atoms with Gasteiger partial charge in [0.25, 0.3) is 0 Å². The lowest BCUT2D eigenvalue weighted by atomic mass is 10.0. The fourth-order valence-electron chi connectivity index (χ4n) is 2.74. The van der Waals surface area contributed by atoms with Gasteiger partial charge < -0.3 is 4.57 Å². The molecule has 3 aromatic rings. The Labute approximate surface area is 162 Å². The first-order valence-corrected chi connectivity index (χ1v) is 9.78. The molecule has 0 aliphatic heterocycles. The average Bonchev–Trinajstić information content (AvgIpc) is 3.05. The molecule has 0 bridgehead atoms.